The van der Waals surface area contributed by atoms with Crippen molar-refractivity contribution in [3.8, 4) is 0 Å². The van der Waals surface area contributed by atoms with E-state index in [1.54, 1.807) is 12.1 Å². The van der Waals surface area contributed by atoms with Gasteiger partial charge in [0.2, 0.25) is 0 Å². The van der Waals surface area contributed by atoms with Crippen molar-refractivity contribution in [3.63, 3.8) is 0 Å². The van der Waals surface area contributed by atoms with Gasteiger partial charge in [0, 0.05) is 10.9 Å². The average Bonchev–Trinajstić information content (AvgIpc) is 2.31. The Morgan fingerprint density at radius 2 is 1.39 bits per heavy atom. The van der Waals surface area contributed by atoms with Crippen LogP contribution in [0.5, 0.6) is 0 Å². The third-order valence-corrected chi connectivity index (χ3v) is 3.43. The van der Waals surface area contributed by atoms with Crippen molar-refractivity contribution in [3.05, 3.63) is 71.0 Å². The molecular formula is C14H10BrF3. The SMILES string of the molecule is Fc1ccc(CC(Br)c2cc(F)cc(F)c2)cc1. The van der Waals surface area contributed by atoms with Crippen LogP contribution < -0.4 is 0 Å². The predicted molar refractivity (Wildman–Crippen MR) is 68.1 cm³/mol. The first-order chi connectivity index (χ1) is 8.54. The molecule has 1 unspecified atom stereocenters. The quantitative estimate of drug-likeness (QED) is 0.715. The number of halogens is 4. The van der Waals surface area contributed by atoms with Crippen LogP contribution in [0.4, 0.5) is 13.2 Å². The molecule has 0 radical (unpaired) electrons. The molecule has 0 bridgehead atoms. The lowest BCUT2D eigenvalue weighted by Crippen LogP contribution is -1.97. The van der Waals surface area contributed by atoms with Gasteiger partial charge in [-0.25, -0.2) is 13.2 Å². The molecule has 2 aromatic carbocycles. The Bertz CT molecular complexity index is 517. The molecule has 1 atom stereocenters. The summed E-state index contributed by atoms with van der Waals surface area (Å²) in [6.07, 6.45) is 0.531. The Labute approximate surface area is 112 Å². The maximum atomic E-state index is 13.1. The van der Waals surface area contributed by atoms with Crippen LogP contribution in [-0.4, -0.2) is 0 Å². The van der Waals surface area contributed by atoms with Gasteiger partial charge in [0.05, 0.1) is 0 Å². The lowest BCUT2D eigenvalue weighted by Gasteiger charge is -2.10. The second-order valence-electron chi connectivity index (χ2n) is 4.00. The first-order valence-corrected chi connectivity index (χ1v) is 6.30. The fraction of sp³-hybridized carbons (Fsp3) is 0.143. The lowest BCUT2D eigenvalue weighted by atomic mass is 10.0. The molecule has 0 heterocycles. The first-order valence-electron chi connectivity index (χ1n) is 5.39. The van der Waals surface area contributed by atoms with E-state index in [4.69, 9.17) is 0 Å². The van der Waals surface area contributed by atoms with Crippen LogP contribution in [0.3, 0.4) is 0 Å². The molecule has 2 rings (SSSR count). The van der Waals surface area contributed by atoms with Crippen LogP contribution in [0.1, 0.15) is 16.0 Å². The van der Waals surface area contributed by atoms with Crippen molar-refractivity contribution < 1.29 is 13.2 Å². The molecule has 0 nitrogen and oxygen atoms in total. The molecule has 0 fully saturated rings. The number of rotatable bonds is 3. The zero-order valence-corrected chi connectivity index (χ0v) is 10.9. The molecule has 94 valence electrons. The van der Waals surface area contributed by atoms with Gasteiger partial charge >= 0.3 is 0 Å². The maximum absolute atomic E-state index is 13.1. The van der Waals surface area contributed by atoms with Crippen LogP contribution in [0, 0.1) is 17.5 Å². The van der Waals surface area contributed by atoms with Crippen LogP contribution in [0.25, 0.3) is 0 Å². The molecule has 0 aliphatic rings. The van der Waals surface area contributed by atoms with Crippen molar-refractivity contribution in [2.75, 3.05) is 0 Å². The van der Waals surface area contributed by atoms with Gasteiger partial charge in [-0.15, -0.1) is 0 Å². The second kappa shape index (κ2) is 5.57. The van der Waals surface area contributed by atoms with Crippen molar-refractivity contribution in [1.29, 1.82) is 0 Å². The minimum atomic E-state index is -0.603. The molecule has 0 aliphatic carbocycles. The Morgan fingerprint density at radius 3 is 1.94 bits per heavy atom. The summed E-state index contributed by atoms with van der Waals surface area (Å²) < 4.78 is 38.9. The Balaban J connectivity index is 2.16. The average molecular weight is 315 g/mol. The molecule has 0 aliphatic heterocycles. The van der Waals surface area contributed by atoms with Gasteiger partial charge in [-0.05, 0) is 41.8 Å². The third-order valence-electron chi connectivity index (χ3n) is 2.57. The van der Waals surface area contributed by atoms with Gasteiger partial charge in [0.15, 0.2) is 0 Å². The van der Waals surface area contributed by atoms with Crippen LogP contribution >= 0.6 is 15.9 Å². The van der Waals surface area contributed by atoms with Gasteiger partial charge in [-0.2, -0.15) is 0 Å². The van der Waals surface area contributed by atoms with Crippen molar-refractivity contribution in [1.82, 2.24) is 0 Å². The molecule has 0 saturated heterocycles. The van der Waals surface area contributed by atoms with Gasteiger partial charge in [0.25, 0.3) is 0 Å². The first kappa shape index (κ1) is 13.1. The summed E-state index contributed by atoms with van der Waals surface area (Å²) in [5.74, 6) is -1.51. The molecule has 0 N–H and O–H groups in total. The summed E-state index contributed by atoms with van der Waals surface area (Å²) in [6, 6.07) is 9.43. The standard InChI is InChI=1S/C14H10BrF3/c15-14(5-9-1-3-11(16)4-2-9)10-6-12(17)8-13(18)7-10/h1-4,6-8,14H,5H2. The van der Waals surface area contributed by atoms with Gasteiger partial charge in [-0.1, -0.05) is 28.1 Å². The van der Waals surface area contributed by atoms with E-state index >= 15 is 0 Å². The number of benzene rings is 2. The predicted octanol–water partition coefficient (Wildman–Crippen LogP) is 4.78. The van der Waals surface area contributed by atoms with Crippen LogP contribution in [-0.2, 0) is 6.42 Å². The van der Waals surface area contributed by atoms with Gasteiger partial charge < -0.3 is 0 Å². The number of hydrogen-bond donors (Lipinski definition) is 0. The summed E-state index contributed by atoms with van der Waals surface area (Å²) in [7, 11) is 0. The summed E-state index contributed by atoms with van der Waals surface area (Å²) in [5, 5.41) is 0. The summed E-state index contributed by atoms with van der Waals surface area (Å²) in [4.78, 5) is -0.215. The maximum Gasteiger partial charge on any atom is 0.126 e. The molecule has 0 aromatic heterocycles. The Hall–Kier alpha value is -1.29. The van der Waals surface area contributed by atoms with E-state index in [0.717, 1.165) is 11.6 Å². The minimum Gasteiger partial charge on any atom is -0.207 e. The largest absolute Gasteiger partial charge is 0.207 e. The monoisotopic (exact) mass is 314 g/mol. The molecule has 2 aromatic rings. The zero-order chi connectivity index (χ0) is 13.1. The van der Waals surface area contributed by atoms with E-state index in [2.05, 4.69) is 15.9 Å². The Morgan fingerprint density at radius 1 is 0.833 bits per heavy atom. The fourth-order valence-corrected chi connectivity index (χ4v) is 2.34. The third kappa shape index (κ3) is 3.35. The molecule has 18 heavy (non-hydrogen) atoms. The highest BCUT2D eigenvalue weighted by Crippen LogP contribution is 2.28. The number of hydrogen-bond acceptors (Lipinski definition) is 0. The highest BCUT2D eigenvalue weighted by atomic mass is 79.9. The van der Waals surface area contributed by atoms with Crippen LogP contribution in [0.15, 0.2) is 42.5 Å². The Kier molecular flexibility index (Phi) is 4.07. The van der Waals surface area contributed by atoms with Gasteiger partial charge in [0.1, 0.15) is 17.5 Å². The van der Waals surface area contributed by atoms with E-state index in [1.165, 1.54) is 24.3 Å². The molecule has 0 spiro atoms. The van der Waals surface area contributed by atoms with Crippen molar-refractivity contribution in [2.24, 2.45) is 0 Å². The van der Waals surface area contributed by atoms with Gasteiger partial charge in [-0.3, -0.25) is 0 Å². The fourth-order valence-electron chi connectivity index (χ4n) is 1.70. The molecule has 0 amide bonds. The molecular weight excluding hydrogens is 305 g/mol. The summed E-state index contributed by atoms with van der Waals surface area (Å²) in [6.45, 7) is 0. The normalized spacial score (nSPS) is 12.4. The summed E-state index contributed by atoms with van der Waals surface area (Å²) in [5.41, 5.74) is 1.42. The smallest absolute Gasteiger partial charge is 0.126 e. The second-order valence-corrected chi connectivity index (χ2v) is 5.11. The van der Waals surface area contributed by atoms with Crippen molar-refractivity contribution >= 4 is 15.9 Å². The number of alkyl halides is 1. The minimum absolute atomic E-state index is 0.215. The van der Waals surface area contributed by atoms with E-state index in [-0.39, 0.29) is 10.6 Å². The van der Waals surface area contributed by atoms with Crippen LogP contribution in [0.2, 0.25) is 0 Å². The molecule has 0 saturated carbocycles. The van der Waals surface area contributed by atoms with Crippen molar-refractivity contribution in [2.45, 2.75) is 11.2 Å². The lowest BCUT2D eigenvalue weighted by molar-refractivity contribution is 0.579. The van der Waals surface area contributed by atoms with E-state index in [9.17, 15) is 13.2 Å². The highest BCUT2D eigenvalue weighted by molar-refractivity contribution is 9.09. The van der Waals surface area contributed by atoms with E-state index < -0.39 is 11.6 Å². The van der Waals surface area contributed by atoms with E-state index in [0.29, 0.717) is 12.0 Å². The summed E-state index contributed by atoms with van der Waals surface area (Å²) >= 11 is 3.38. The topological polar surface area (TPSA) is 0 Å². The zero-order valence-electron chi connectivity index (χ0n) is 9.34. The highest BCUT2D eigenvalue weighted by Gasteiger charge is 2.11. The van der Waals surface area contributed by atoms with E-state index in [1.807, 2.05) is 0 Å². The molecule has 4 heteroatoms.